The summed E-state index contributed by atoms with van der Waals surface area (Å²) >= 11 is 0. The second-order valence-corrected chi connectivity index (χ2v) is 9.39. The average Bonchev–Trinajstić information content (AvgIpc) is 3.42. The molecule has 2 aromatic heterocycles. The number of carboxylic acid groups (broad SMARTS) is 1. The molecule has 11 nitrogen and oxygen atoms in total. The molecule has 0 aliphatic heterocycles. The maximum atomic E-state index is 13.1. The summed E-state index contributed by atoms with van der Waals surface area (Å²) in [6, 6.07) is 21.5. The highest BCUT2D eigenvalue weighted by Crippen LogP contribution is 2.30. The van der Waals surface area contributed by atoms with Crippen LogP contribution in [0.5, 0.6) is 5.75 Å². The zero-order valence-corrected chi connectivity index (χ0v) is 22.6. The third kappa shape index (κ3) is 7.10. The number of aliphatic carboxylic acids is 1. The van der Waals surface area contributed by atoms with Gasteiger partial charge in [0.25, 0.3) is 5.91 Å². The van der Waals surface area contributed by atoms with Crippen LogP contribution in [0.15, 0.2) is 97.2 Å². The van der Waals surface area contributed by atoms with Gasteiger partial charge in [-0.2, -0.15) is 0 Å². The number of anilines is 2. The molecule has 0 spiro atoms. The van der Waals surface area contributed by atoms with E-state index in [1.54, 1.807) is 65.2 Å². The van der Waals surface area contributed by atoms with Crippen molar-refractivity contribution in [2.75, 3.05) is 10.6 Å². The molecule has 5 aromatic rings. The van der Waals surface area contributed by atoms with Crippen LogP contribution in [0.1, 0.15) is 15.9 Å². The summed E-state index contributed by atoms with van der Waals surface area (Å²) in [6.07, 6.45) is -3.20. The average molecular weight is 605 g/mol. The summed E-state index contributed by atoms with van der Waals surface area (Å²) < 4.78 is 43.5. The van der Waals surface area contributed by atoms with Crippen LogP contribution in [-0.4, -0.2) is 50.0 Å². The number of halogens is 3. The molecule has 14 heteroatoms. The van der Waals surface area contributed by atoms with E-state index in [1.807, 2.05) is 6.07 Å². The number of nitrogens with one attached hydrogen (secondary N) is 3. The molecular formula is C30H23F3N6O5. The fourth-order valence-corrected chi connectivity index (χ4v) is 4.35. The molecule has 0 saturated heterocycles. The lowest BCUT2D eigenvalue weighted by molar-refractivity contribution is -0.274. The number of pyridine rings is 1. The Hall–Kier alpha value is -5.92. The fourth-order valence-electron chi connectivity index (χ4n) is 4.35. The molecule has 1 atom stereocenters. The molecule has 224 valence electrons. The molecule has 0 unspecified atom stereocenters. The number of hydrogen-bond donors (Lipinski definition) is 4. The summed E-state index contributed by atoms with van der Waals surface area (Å²) in [6.45, 7) is 0. The van der Waals surface area contributed by atoms with Crippen molar-refractivity contribution < 1.29 is 37.4 Å². The van der Waals surface area contributed by atoms with E-state index < -0.39 is 36.1 Å². The molecule has 0 aliphatic rings. The van der Waals surface area contributed by atoms with Crippen LogP contribution in [0.4, 0.5) is 29.3 Å². The summed E-state index contributed by atoms with van der Waals surface area (Å²) in [5.74, 6) is -2.02. The number of para-hydroxylation sites is 2. The molecule has 0 fully saturated rings. The fraction of sp³-hybridized carbons (Fsp3) is 0.100. The van der Waals surface area contributed by atoms with Gasteiger partial charge in [0, 0.05) is 23.9 Å². The Morgan fingerprint density at radius 2 is 1.57 bits per heavy atom. The molecule has 0 radical (unpaired) electrons. The third-order valence-corrected chi connectivity index (χ3v) is 6.33. The number of aromatic nitrogens is 3. The standard InChI is InChI=1S/C30H23F3N6O5/c31-30(32,33)44-24-11-5-4-10-22(24)36-29(43)34-20-14-12-19(13-15-20)25-37-38-26-21(9-6-16-39(25)26)27(40)35-23(28(41)42)17-18-7-2-1-3-8-18/h1-16,23H,17H2,(H,35,40)(H,41,42)(H2,34,36,43)/t23-/m0/s1. The van der Waals surface area contributed by atoms with Crippen LogP contribution >= 0.6 is 0 Å². The molecule has 44 heavy (non-hydrogen) atoms. The monoisotopic (exact) mass is 604 g/mol. The predicted octanol–water partition coefficient (Wildman–Crippen LogP) is 5.36. The van der Waals surface area contributed by atoms with E-state index in [0.29, 0.717) is 17.1 Å². The highest BCUT2D eigenvalue weighted by atomic mass is 19.4. The number of fused-ring (bicyclic) bond motifs is 1. The number of benzene rings is 3. The Morgan fingerprint density at radius 3 is 2.27 bits per heavy atom. The molecule has 3 aromatic carbocycles. The maximum Gasteiger partial charge on any atom is 0.573 e. The Kier molecular flexibility index (Phi) is 8.42. The lowest BCUT2D eigenvalue weighted by Gasteiger charge is -2.15. The topological polar surface area (TPSA) is 147 Å². The first-order chi connectivity index (χ1) is 21.1. The van der Waals surface area contributed by atoms with Crippen LogP contribution in [0.2, 0.25) is 0 Å². The minimum absolute atomic E-state index is 0.0925. The first-order valence-electron chi connectivity index (χ1n) is 13.0. The van der Waals surface area contributed by atoms with Crippen LogP contribution < -0.4 is 20.7 Å². The summed E-state index contributed by atoms with van der Waals surface area (Å²) in [5.41, 5.74) is 1.78. The lowest BCUT2D eigenvalue weighted by atomic mass is 10.1. The highest BCUT2D eigenvalue weighted by molar-refractivity contribution is 6.02. The molecule has 3 amide bonds. The summed E-state index contributed by atoms with van der Waals surface area (Å²) in [7, 11) is 0. The molecule has 0 bridgehead atoms. The Labute approximate surface area is 247 Å². The zero-order valence-electron chi connectivity index (χ0n) is 22.6. The van der Waals surface area contributed by atoms with Gasteiger partial charge in [-0.1, -0.05) is 42.5 Å². The minimum atomic E-state index is -4.93. The zero-order chi connectivity index (χ0) is 31.3. The lowest BCUT2D eigenvalue weighted by Crippen LogP contribution is -2.42. The van der Waals surface area contributed by atoms with E-state index in [4.69, 9.17) is 0 Å². The van der Waals surface area contributed by atoms with Gasteiger partial charge in [0.05, 0.1) is 11.3 Å². The quantitative estimate of drug-likeness (QED) is 0.177. The molecule has 0 saturated carbocycles. The number of rotatable bonds is 9. The van der Waals surface area contributed by atoms with Crippen LogP contribution in [0.25, 0.3) is 17.0 Å². The Morgan fingerprint density at radius 1 is 0.864 bits per heavy atom. The molecule has 5 rings (SSSR count). The van der Waals surface area contributed by atoms with Crippen molar-refractivity contribution in [3.8, 4) is 17.1 Å². The van der Waals surface area contributed by atoms with Crippen LogP contribution in [-0.2, 0) is 11.2 Å². The number of ether oxygens (including phenoxy) is 1. The third-order valence-electron chi connectivity index (χ3n) is 6.33. The second kappa shape index (κ2) is 12.5. The van der Waals surface area contributed by atoms with E-state index in [-0.39, 0.29) is 23.3 Å². The van der Waals surface area contributed by atoms with Crippen LogP contribution in [0, 0.1) is 0 Å². The predicted molar refractivity (Wildman–Crippen MR) is 153 cm³/mol. The van der Waals surface area contributed by atoms with E-state index in [2.05, 4.69) is 30.9 Å². The van der Waals surface area contributed by atoms with E-state index in [1.165, 1.54) is 24.3 Å². The van der Waals surface area contributed by atoms with Crippen LogP contribution in [0.3, 0.4) is 0 Å². The van der Waals surface area contributed by atoms with Crippen molar-refractivity contribution >= 4 is 34.9 Å². The molecule has 0 aliphatic carbocycles. The van der Waals surface area contributed by atoms with Gasteiger partial charge in [0.2, 0.25) is 0 Å². The number of hydrogen-bond acceptors (Lipinski definition) is 6. The number of amides is 3. The van der Waals surface area contributed by atoms with E-state index in [0.717, 1.165) is 11.6 Å². The summed E-state index contributed by atoms with van der Waals surface area (Å²) in [4.78, 5) is 37.4. The number of carboxylic acids is 1. The number of carbonyl (C=O) groups excluding carboxylic acids is 2. The number of urea groups is 1. The Balaban J connectivity index is 1.29. The van der Waals surface area contributed by atoms with Gasteiger partial charge in [0.1, 0.15) is 6.04 Å². The van der Waals surface area contributed by atoms with Gasteiger partial charge in [0.15, 0.2) is 17.2 Å². The normalized spacial score (nSPS) is 11.9. The SMILES string of the molecule is O=C(Nc1ccc(-c2nnc3c(C(=O)N[C@@H](Cc4ccccc4)C(=O)O)cccn23)cc1)Nc1ccccc1OC(F)(F)F. The molecule has 2 heterocycles. The van der Waals surface area contributed by atoms with Crippen molar-refractivity contribution in [2.24, 2.45) is 0 Å². The highest BCUT2D eigenvalue weighted by Gasteiger charge is 2.32. The van der Waals surface area contributed by atoms with Crippen molar-refractivity contribution in [2.45, 2.75) is 18.8 Å². The number of nitrogens with zero attached hydrogens (tertiary/aromatic N) is 3. The van der Waals surface area contributed by atoms with E-state index >= 15 is 0 Å². The van der Waals surface area contributed by atoms with Crippen molar-refractivity contribution in [1.82, 2.24) is 19.9 Å². The van der Waals surface area contributed by atoms with Gasteiger partial charge in [-0.25, -0.2) is 9.59 Å². The second-order valence-electron chi connectivity index (χ2n) is 9.39. The smallest absolute Gasteiger partial charge is 0.480 e. The maximum absolute atomic E-state index is 13.1. The summed E-state index contributed by atoms with van der Waals surface area (Å²) in [5, 5.41) is 25.4. The number of alkyl halides is 3. The minimum Gasteiger partial charge on any atom is -0.480 e. The first-order valence-corrected chi connectivity index (χ1v) is 13.0. The van der Waals surface area contributed by atoms with Gasteiger partial charge in [-0.3, -0.25) is 9.20 Å². The molecular weight excluding hydrogens is 581 g/mol. The van der Waals surface area contributed by atoms with Gasteiger partial charge in [-0.15, -0.1) is 23.4 Å². The van der Waals surface area contributed by atoms with E-state index in [9.17, 15) is 32.7 Å². The first kappa shape index (κ1) is 29.6. The molecule has 4 N–H and O–H groups in total. The van der Waals surface area contributed by atoms with Gasteiger partial charge in [-0.05, 0) is 54.1 Å². The van der Waals surface area contributed by atoms with Crippen molar-refractivity contribution in [3.05, 3.63) is 108 Å². The Bertz CT molecular complexity index is 1810. The largest absolute Gasteiger partial charge is 0.573 e. The van der Waals surface area contributed by atoms with Gasteiger partial charge >= 0.3 is 18.4 Å². The van der Waals surface area contributed by atoms with Gasteiger partial charge < -0.3 is 25.8 Å². The number of carbonyl (C=O) groups is 3. The van der Waals surface area contributed by atoms with Crippen molar-refractivity contribution in [1.29, 1.82) is 0 Å². The van der Waals surface area contributed by atoms with Crippen molar-refractivity contribution in [3.63, 3.8) is 0 Å².